The van der Waals surface area contributed by atoms with Crippen LogP contribution in [0.25, 0.3) is 5.65 Å². The predicted molar refractivity (Wildman–Crippen MR) is 159 cm³/mol. The molecule has 0 radical (unpaired) electrons. The van der Waals surface area contributed by atoms with Crippen LogP contribution in [0.2, 0.25) is 0 Å². The Morgan fingerprint density at radius 1 is 1.05 bits per heavy atom. The van der Waals surface area contributed by atoms with E-state index in [0.717, 1.165) is 63.6 Å². The van der Waals surface area contributed by atoms with E-state index < -0.39 is 11.7 Å². The largest absolute Gasteiger partial charge is 0.396 e. The lowest BCUT2D eigenvalue weighted by Gasteiger charge is -2.32. The SMILES string of the molecule is N[C@H]1CC[C@H](Nc2cc(Nc3cccc(N4CCC(CO)CC4)n3)c3ncc(C(=O)Nc4ccncc4F)n3n2)CC1. The van der Waals surface area contributed by atoms with E-state index in [1.54, 1.807) is 0 Å². The van der Waals surface area contributed by atoms with E-state index >= 15 is 0 Å². The Kier molecular flexibility index (Phi) is 8.11. The standard InChI is InChI=1S/C29H35FN10O2/c30-21-15-32-11-8-22(21)36-29(42)24-16-33-28-23(14-26(38-40(24)28)34-20-6-4-19(31)5-7-20)35-25-2-1-3-27(37-25)39-12-9-18(17-41)10-13-39/h1-3,8,11,14-16,18-20,41H,4-7,9-10,12-13,17,31H2,(H,34,38)(H,35,37)(H,32,36,42)/t19-,20-. The van der Waals surface area contributed by atoms with Gasteiger partial charge in [-0.2, -0.15) is 0 Å². The third kappa shape index (κ3) is 6.11. The lowest BCUT2D eigenvalue weighted by atomic mass is 9.92. The number of nitrogens with zero attached hydrogens (tertiary/aromatic N) is 6. The van der Waals surface area contributed by atoms with Gasteiger partial charge in [-0.25, -0.2) is 18.9 Å². The molecule has 1 amide bonds. The molecule has 6 N–H and O–H groups in total. The summed E-state index contributed by atoms with van der Waals surface area (Å²) in [4.78, 5) is 28.5. The molecule has 42 heavy (non-hydrogen) atoms. The maximum absolute atomic E-state index is 14.2. The smallest absolute Gasteiger partial charge is 0.276 e. The number of carbonyl (C=O) groups excluding carboxylic acids is 1. The highest BCUT2D eigenvalue weighted by Gasteiger charge is 2.23. The Morgan fingerprint density at radius 2 is 1.86 bits per heavy atom. The van der Waals surface area contributed by atoms with E-state index in [2.05, 4.69) is 30.8 Å². The van der Waals surface area contributed by atoms with Crippen LogP contribution in [0, 0.1) is 11.7 Å². The molecule has 2 aliphatic rings. The van der Waals surface area contributed by atoms with Gasteiger partial charge in [-0.1, -0.05) is 6.07 Å². The van der Waals surface area contributed by atoms with Crippen LogP contribution in [0.3, 0.4) is 0 Å². The average molecular weight is 575 g/mol. The first-order valence-corrected chi connectivity index (χ1v) is 14.4. The van der Waals surface area contributed by atoms with Gasteiger partial charge in [0.05, 0.1) is 23.8 Å². The van der Waals surface area contributed by atoms with E-state index in [1.165, 1.54) is 23.0 Å². The Balaban J connectivity index is 1.30. The van der Waals surface area contributed by atoms with Crippen LogP contribution < -0.4 is 26.6 Å². The number of hydrogen-bond donors (Lipinski definition) is 5. The van der Waals surface area contributed by atoms with Crippen LogP contribution in [0.5, 0.6) is 0 Å². The van der Waals surface area contributed by atoms with Gasteiger partial charge in [0.25, 0.3) is 5.91 Å². The summed E-state index contributed by atoms with van der Waals surface area (Å²) < 4.78 is 15.7. The van der Waals surface area contributed by atoms with E-state index in [9.17, 15) is 14.3 Å². The van der Waals surface area contributed by atoms with E-state index in [1.807, 2.05) is 24.3 Å². The molecule has 2 fully saturated rings. The summed E-state index contributed by atoms with van der Waals surface area (Å²) in [6.45, 7) is 1.88. The molecule has 220 valence electrons. The monoisotopic (exact) mass is 574 g/mol. The molecule has 5 heterocycles. The summed E-state index contributed by atoms with van der Waals surface area (Å²) in [6, 6.07) is 9.45. The number of aromatic nitrogens is 5. The third-order valence-corrected chi connectivity index (χ3v) is 8.04. The van der Waals surface area contributed by atoms with Gasteiger partial charge in [-0.05, 0) is 62.6 Å². The number of pyridine rings is 2. The van der Waals surface area contributed by atoms with Crippen molar-refractivity contribution < 1.29 is 14.3 Å². The van der Waals surface area contributed by atoms with Crippen LogP contribution in [0.4, 0.5) is 33.2 Å². The highest BCUT2D eigenvalue weighted by molar-refractivity contribution is 6.03. The minimum Gasteiger partial charge on any atom is -0.396 e. The normalized spacial score (nSPS) is 19.5. The topological polar surface area (TPSA) is 159 Å². The number of anilines is 5. The molecule has 4 aromatic rings. The van der Waals surface area contributed by atoms with Crippen molar-refractivity contribution >= 4 is 40.4 Å². The highest BCUT2D eigenvalue weighted by Crippen LogP contribution is 2.28. The molecule has 13 heteroatoms. The fourth-order valence-corrected chi connectivity index (χ4v) is 5.57. The minimum atomic E-state index is -0.639. The number of amides is 1. The number of halogens is 1. The van der Waals surface area contributed by atoms with Crippen LogP contribution in [0.1, 0.15) is 49.0 Å². The number of carbonyl (C=O) groups is 1. The molecule has 0 bridgehead atoms. The van der Waals surface area contributed by atoms with Crippen molar-refractivity contribution in [3.63, 3.8) is 0 Å². The van der Waals surface area contributed by atoms with Crippen molar-refractivity contribution in [3.05, 3.63) is 60.4 Å². The van der Waals surface area contributed by atoms with Crippen LogP contribution >= 0.6 is 0 Å². The number of nitrogens with two attached hydrogens (primary N) is 1. The summed E-state index contributed by atoms with van der Waals surface area (Å²) in [7, 11) is 0. The van der Waals surface area contributed by atoms with Crippen molar-refractivity contribution in [3.8, 4) is 0 Å². The van der Waals surface area contributed by atoms with Crippen molar-refractivity contribution in [2.75, 3.05) is 40.5 Å². The maximum Gasteiger partial charge on any atom is 0.276 e. The summed E-state index contributed by atoms with van der Waals surface area (Å²) in [5.74, 6) is 1.17. The fourth-order valence-electron chi connectivity index (χ4n) is 5.57. The van der Waals surface area contributed by atoms with Crippen LogP contribution in [-0.2, 0) is 0 Å². The molecule has 1 saturated carbocycles. The van der Waals surface area contributed by atoms with E-state index in [4.69, 9.17) is 15.8 Å². The Bertz CT molecular complexity index is 1550. The number of imidazole rings is 1. The second kappa shape index (κ2) is 12.2. The molecule has 1 aliphatic carbocycles. The first-order chi connectivity index (χ1) is 20.5. The molecular formula is C29H35FN10O2. The van der Waals surface area contributed by atoms with E-state index in [0.29, 0.717) is 28.9 Å². The zero-order valence-electron chi connectivity index (χ0n) is 23.2. The molecule has 6 rings (SSSR count). The number of aliphatic hydroxyl groups is 1. The predicted octanol–water partition coefficient (Wildman–Crippen LogP) is 3.54. The molecule has 1 aliphatic heterocycles. The lowest BCUT2D eigenvalue weighted by molar-refractivity contribution is 0.102. The zero-order chi connectivity index (χ0) is 29.1. The van der Waals surface area contributed by atoms with Gasteiger partial charge in [0, 0.05) is 44.0 Å². The second-order valence-corrected chi connectivity index (χ2v) is 11.0. The highest BCUT2D eigenvalue weighted by atomic mass is 19.1. The minimum absolute atomic E-state index is 0.0140. The van der Waals surface area contributed by atoms with E-state index in [-0.39, 0.29) is 30.1 Å². The second-order valence-electron chi connectivity index (χ2n) is 11.0. The number of rotatable bonds is 8. The van der Waals surface area contributed by atoms with Crippen LogP contribution in [0.15, 0.2) is 48.9 Å². The van der Waals surface area contributed by atoms with Crippen molar-refractivity contribution in [2.45, 2.75) is 50.6 Å². The lowest BCUT2D eigenvalue weighted by Crippen LogP contribution is -2.35. The zero-order valence-corrected chi connectivity index (χ0v) is 23.2. The number of aliphatic hydroxyl groups excluding tert-OH is 1. The van der Waals surface area contributed by atoms with Crippen molar-refractivity contribution in [2.24, 2.45) is 11.7 Å². The first kappa shape index (κ1) is 27.8. The molecule has 0 spiro atoms. The van der Waals surface area contributed by atoms with Gasteiger partial charge in [-0.3, -0.25) is 9.78 Å². The fraction of sp³-hybridized carbons (Fsp3) is 0.414. The number of hydrogen-bond acceptors (Lipinski definition) is 10. The molecule has 0 atom stereocenters. The van der Waals surface area contributed by atoms with Crippen molar-refractivity contribution in [1.82, 2.24) is 24.6 Å². The van der Waals surface area contributed by atoms with Gasteiger partial charge < -0.3 is 31.7 Å². The molecule has 0 aromatic carbocycles. The molecule has 1 saturated heterocycles. The molecule has 0 unspecified atom stereocenters. The van der Waals surface area contributed by atoms with Gasteiger partial charge in [0.2, 0.25) is 0 Å². The molecular weight excluding hydrogens is 539 g/mol. The van der Waals surface area contributed by atoms with Gasteiger partial charge in [0.15, 0.2) is 17.2 Å². The number of piperidine rings is 1. The number of fused-ring (bicyclic) bond motifs is 1. The number of nitrogens with one attached hydrogen (secondary N) is 3. The third-order valence-electron chi connectivity index (χ3n) is 8.04. The molecule has 4 aromatic heterocycles. The summed E-state index contributed by atoms with van der Waals surface area (Å²) >= 11 is 0. The summed E-state index contributed by atoms with van der Waals surface area (Å²) in [5, 5.41) is 23.7. The van der Waals surface area contributed by atoms with Gasteiger partial charge >= 0.3 is 0 Å². The Labute approximate surface area is 242 Å². The first-order valence-electron chi connectivity index (χ1n) is 14.4. The Morgan fingerprint density at radius 3 is 2.62 bits per heavy atom. The van der Waals surface area contributed by atoms with Crippen LogP contribution in [-0.4, -0.2) is 67.4 Å². The van der Waals surface area contributed by atoms with Gasteiger partial charge in [-0.15, -0.1) is 5.10 Å². The average Bonchev–Trinajstić information content (AvgIpc) is 3.44. The van der Waals surface area contributed by atoms with Gasteiger partial charge in [0.1, 0.15) is 17.5 Å². The molecule has 12 nitrogen and oxygen atoms in total. The Hall–Kier alpha value is -4.36. The summed E-state index contributed by atoms with van der Waals surface area (Å²) in [5.41, 5.74) is 7.29. The quantitative estimate of drug-likeness (QED) is 0.211. The summed E-state index contributed by atoms with van der Waals surface area (Å²) in [6.07, 6.45) is 9.38. The maximum atomic E-state index is 14.2. The van der Waals surface area contributed by atoms with Crippen molar-refractivity contribution in [1.29, 1.82) is 0 Å².